The van der Waals surface area contributed by atoms with E-state index in [1.165, 1.54) is 0 Å². The van der Waals surface area contributed by atoms with Gasteiger partial charge in [-0.1, -0.05) is 0 Å². The van der Waals surface area contributed by atoms with Gasteiger partial charge in [0.2, 0.25) is 0 Å². The van der Waals surface area contributed by atoms with Gasteiger partial charge in [0.15, 0.2) is 0 Å². The molecule has 0 rings (SSSR count). The second kappa shape index (κ2) is 7.24. The number of esters is 2. The summed E-state index contributed by atoms with van der Waals surface area (Å²) >= 11 is 3.76. The summed E-state index contributed by atoms with van der Waals surface area (Å²) in [5, 5.41) is 8.29. The average molecular weight is 235 g/mol. The molecule has 0 bridgehead atoms. The molecule has 0 radical (unpaired) electrons. The van der Waals surface area contributed by atoms with Gasteiger partial charge in [-0.25, -0.2) is 4.79 Å². The standard InChI is InChI=1S/C8H13NO5S/c9-5(4-15)8(13)14-7(12)3-1-2-6(10)11/h5,15H,1-4,9H2,(H,10,11). The lowest BCUT2D eigenvalue weighted by Crippen LogP contribution is -2.35. The van der Waals surface area contributed by atoms with Crippen LogP contribution in [0.1, 0.15) is 19.3 Å². The molecule has 0 spiro atoms. The van der Waals surface area contributed by atoms with Crippen LogP contribution in [0.5, 0.6) is 0 Å². The predicted octanol–water partition coefficient (Wildman–Crippen LogP) is -0.432. The van der Waals surface area contributed by atoms with Gasteiger partial charge in [-0.2, -0.15) is 12.6 Å². The van der Waals surface area contributed by atoms with E-state index in [0.717, 1.165) is 0 Å². The number of carboxylic acids is 1. The largest absolute Gasteiger partial charge is 0.481 e. The minimum atomic E-state index is -0.999. The zero-order chi connectivity index (χ0) is 11.8. The van der Waals surface area contributed by atoms with E-state index in [1.54, 1.807) is 0 Å². The first-order valence-corrected chi connectivity index (χ1v) is 4.93. The van der Waals surface area contributed by atoms with Crippen molar-refractivity contribution in [2.24, 2.45) is 5.73 Å². The number of aliphatic carboxylic acids is 1. The van der Waals surface area contributed by atoms with Crippen molar-refractivity contribution in [2.75, 3.05) is 5.75 Å². The maximum Gasteiger partial charge on any atom is 0.331 e. The molecule has 0 saturated heterocycles. The Bertz CT molecular complexity index is 255. The van der Waals surface area contributed by atoms with Crippen LogP contribution in [0.4, 0.5) is 0 Å². The fraction of sp³-hybridized carbons (Fsp3) is 0.625. The fourth-order valence-corrected chi connectivity index (χ4v) is 0.846. The molecule has 86 valence electrons. The van der Waals surface area contributed by atoms with Crippen LogP contribution in [0.15, 0.2) is 0 Å². The Hall–Kier alpha value is -1.08. The van der Waals surface area contributed by atoms with Crippen LogP contribution in [0.2, 0.25) is 0 Å². The number of carbonyl (C=O) groups is 3. The molecule has 3 N–H and O–H groups in total. The maximum atomic E-state index is 10.9. The molecule has 15 heavy (non-hydrogen) atoms. The Balaban J connectivity index is 3.74. The van der Waals surface area contributed by atoms with Gasteiger partial charge in [0.05, 0.1) is 0 Å². The molecule has 1 unspecified atom stereocenters. The van der Waals surface area contributed by atoms with E-state index in [0.29, 0.717) is 0 Å². The minimum Gasteiger partial charge on any atom is -0.481 e. The number of hydrogen-bond acceptors (Lipinski definition) is 6. The molecule has 0 heterocycles. The molecule has 0 aliphatic carbocycles. The van der Waals surface area contributed by atoms with Crippen LogP contribution in [0.25, 0.3) is 0 Å². The molecular weight excluding hydrogens is 222 g/mol. The lowest BCUT2D eigenvalue weighted by molar-refractivity contribution is -0.160. The molecule has 0 saturated carbocycles. The zero-order valence-electron chi connectivity index (χ0n) is 8.01. The summed E-state index contributed by atoms with van der Waals surface area (Å²) in [5.41, 5.74) is 5.24. The molecule has 7 heteroatoms. The van der Waals surface area contributed by atoms with Gasteiger partial charge in [0.1, 0.15) is 6.04 Å². The van der Waals surface area contributed by atoms with Crippen LogP contribution in [-0.4, -0.2) is 34.8 Å². The summed E-state index contributed by atoms with van der Waals surface area (Å²) < 4.78 is 4.34. The van der Waals surface area contributed by atoms with Crippen molar-refractivity contribution in [3.8, 4) is 0 Å². The van der Waals surface area contributed by atoms with Gasteiger partial charge in [0, 0.05) is 18.6 Å². The summed E-state index contributed by atoms with van der Waals surface area (Å²) in [7, 11) is 0. The van der Waals surface area contributed by atoms with Crippen molar-refractivity contribution in [3.63, 3.8) is 0 Å². The van der Waals surface area contributed by atoms with Crippen molar-refractivity contribution in [2.45, 2.75) is 25.3 Å². The van der Waals surface area contributed by atoms with Crippen molar-refractivity contribution >= 4 is 30.5 Å². The first-order chi connectivity index (χ1) is 6.97. The van der Waals surface area contributed by atoms with Gasteiger partial charge in [0.25, 0.3) is 0 Å². The summed E-state index contributed by atoms with van der Waals surface area (Å²) in [6, 6.07) is -0.934. The van der Waals surface area contributed by atoms with E-state index < -0.39 is 23.9 Å². The highest BCUT2D eigenvalue weighted by Gasteiger charge is 2.17. The Labute approximate surface area is 92.2 Å². The number of carboxylic acid groups (broad SMARTS) is 1. The van der Waals surface area contributed by atoms with Gasteiger partial charge in [-0.15, -0.1) is 0 Å². The Morgan fingerprint density at radius 2 is 1.93 bits per heavy atom. The van der Waals surface area contributed by atoms with Gasteiger partial charge in [-0.05, 0) is 6.42 Å². The van der Waals surface area contributed by atoms with E-state index in [9.17, 15) is 14.4 Å². The van der Waals surface area contributed by atoms with Crippen molar-refractivity contribution < 1.29 is 24.2 Å². The minimum absolute atomic E-state index is 0.0846. The van der Waals surface area contributed by atoms with Crippen molar-refractivity contribution in [1.82, 2.24) is 0 Å². The average Bonchev–Trinajstić information content (AvgIpc) is 2.15. The third-order valence-corrected chi connectivity index (χ3v) is 1.88. The highest BCUT2D eigenvalue weighted by Crippen LogP contribution is 1.99. The summed E-state index contributed by atoms with van der Waals surface area (Å²) in [6.07, 6.45) is -0.114. The lowest BCUT2D eigenvalue weighted by atomic mass is 10.2. The van der Waals surface area contributed by atoms with Crippen molar-refractivity contribution in [1.29, 1.82) is 0 Å². The van der Waals surface area contributed by atoms with Crippen LogP contribution in [0.3, 0.4) is 0 Å². The molecule has 0 aliphatic rings. The summed E-state index contributed by atoms with van der Waals surface area (Å²) in [4.78, 5) is 32.0. The Morgan fingerprint density at radius 3 is 2.40 bits per heavy atom. The first kappa shape index (κ1) is 13.9. The van der Waals surface area contributed by atoms with Crippen LogP contribution < -0.4 is 5.73 Å². The van der Waals surface area contributed by atoms with Crippen LogP contribution in [0, 0.1) is 0 Å². The van der Waals surface area contributed by atoms with E-state index in [2.05, 4.69) is 17.4 Å². The molecular formula is C8H13NO5S. The molecule has 0 aliphatic heterocycles. The molecule has 6 nitrogen and oxygen atoms in total. The highest BCUT2D eigenvalue weighted by atomic mass is 32.1. The number of ether oxygens (including phenoxy) is 1. The Kier molecular flexibility index (Phi) is 6.72. The summed E-state index contributed by atoms with van der Waals surface area (Å²) in [5.74, 6) is -2.52. The molecule has 0 amide bonds. The molecule has 0 aromatic carbocycles. The van der Waals surface area contributed by atoms with E-state index in [4.69, 9.17) is 10.8 Å². The lowest BCUT2D eigenvalue weighted by Gasteiger charge is -2.06. The first-order valence-electron chi connectivity index (χ1n) is 4.30. The summed E-state index contributed by atoms with van der Waals surface area (Å²) in [6.45, 7) is 0. The topological polar surface area (TPSA) is 107 Å². The number of hydrogen-bond donors (Lipinski definition) is 3. The number of nitrogens with two attached hydrogens (primary N) is 1. The normalized spacial score (nSPS) is 11.9. The molecule has 0 aromatic heterocycles. The third-order valence-electron chi connectivity index (χ3n) is 1.49. The number of carbonyl (C=O) groups excluding carboxylic acids is 2. The predicted molar refractivity (Wildman–Crippen MR) is 54.4 cm³/mol. The van der Waals surface area contributed by atoms with E-state index >= 15 is 0 Å². The SMILES string of the molecule is NC(CS)C(=O)OC(=O)CCCC(=O)O. The molecule has 0 fully saturated rings. The smallest absolute Gasteiger partial charge is 0.331 e. The van der Waals surface area contributed by atoms with E-state index in [-0.39, 0.29) is 25.0 Å². The van der Waals surface area contributed by atoms with Crippen LogP contribution in [-0.2, 0) is 19.1 Å². The van der Waals surface area contributed by atoms with Gasteiger partial charge < -0.3 is 15.6 Å². The van der Waals surface area contributed by atoms with Crippen LogP contribution >= 0.6 is 12.6 Å². The fourth-order valence-electron chi connectivity index (χ4n) is 0.697. The van der Waals surface area contributed by atoms with Gasteiger partial charge in [-0.3, -0.25) is 9.59 Å². The highest BCUT2D eigenvalue weighted by molar-refractivity contribution is 7.80. The third kappa shape index (κ3) is 6.92. The molecule has 1 atom stereocenters. The zero-order valence-corrected chi connectivity index (χ0v) is 8.90. The maximum absolute atomic E-state index is 10.9. The van der Waals surface area contributed by atoms with Gasteiger partial charge >= 0.3 is 17.9 Å². The molecule has 0 aromatic rings. The van der Waals surface area contributed by atoms with E-state index in [1.807, 2.05) is 0 Å². The number of rotatable bonds is 6. The Morgan fingerprint density at radius 1 is 1.33 bits per heavy atom. The van der Waals surface area contributed by atoms with Crippen molar-refractivity contribution in [3.05, 3.63) is 0 Å². The number of thiol groups is 1. The monoisotopic (exact) mass is 235 g/mol. The quantitative estimate of drug-likeness (QED) is 0.327. The second-order valence-electron chi connectivity index (χ2n) is 2.83. The second-order valence-corrected chi connectivity index (χ2v) is 3.19.